The summed E-state index contributed by atoms with van der Waals surface area (Å²) in [7, 11) is 0. The van der Waals surface area contributed by atoms with Gasteiger partial charge in [0.05, 0.1) is 0 Å². The summed E-state index contributed by atoms with van der Waals surface area (Å²) in [5.41, 5.74) is 2.53. The molecule has 2 aliphatic rings. The van der Waals surface area contributed by atoms with Gasteiger partial charge >= 0.3 is 6.03 Å². The van der Waals surface area contributed by atoms with Gasteiger partial charge < -0.3 is 24.8 Å². The first kappa shape index (κ1) is 28.7. The molecule has 0 saturated carbocycles. The first-order chi connectivity index (χ1) is 19.3. The second kappa shape index (κ2) is 13.2. The summed E-state index contributed by atoms with van der Waals surface area (Å²) in [5, 5.41) is 5.67. The SMILES string of the molecule is Cc1ccc(NC(=O)Nc2ccc(Oc3cc(N4CCC(N5CCN(S(=O)[O-])CC5)CC4)ncn3)cc2)cc1I. The Kier molecular flexibility index (Phi) is 9.47. The number of urea groups is 1. The first-order valence-corrected chi connectivity index (χ1v) is 15.2. The van der Waals surface area contributed by atoms with Crippen molar-refractivity contribution in [3.05, 3.63) is 64.0 Å². The molecule has 2 aliphatic heterocycles. The van der Waals surface area contributed by atoms with Crippen molar-refractivity contribution in [2.45, 2.75) is 25.8 Å². The van der Waals surface area contributed by atoms with Crippen LogP contribution < -0.4 is 20.3 Å². The topological polar surface area (TPSA) is 126 Å². The molecular weight excluding hydrogens is 645 g/mol. The Morgan fingerprint density at radius 2 is 1.65 bits per heavy atom. The zero-order valence-electron chi connectivity index (χ0n) is 22.1. The van der Waals surface area contributed by atoms with Gasteiger partial charge in [-0.05, 0) is 84.3 Å². The van der Waals surface area contributed by atoms with E-state index in [1.165, 1.54) is 10.6 Å². The van der Waals surface area contributed by atoms with Crippen LogP contribution in [0.3, 0.4) is 0 Å². The quantitative estimate of drug-likeness (QED) is 0.282. The number of hydrogen-bond donors (Lipinski definition) is 2. The number of nitrogens with zero attached hydrogens (tertiary/aromatic N) is 5. The smallest absolute Gasteiger partial charge is 0.323 e. The van der Waals surface area contributed by atoms with E-state index in [0.717, 1.165) is 59.7 Å². The zero-order chi connectivity index (χ0) is 28.1. The van der Waals surface area contributed by atoms with Crippen molar-refractivity contribution in [1.82, 2.24) is 19.2 Å². The van der Waals surface area contributed by atoms with Gasteiger partial charge in [0.15, 0.2) is 0 Å². The Morgan fingerprint density at radius 1 is 0.975 bits per heavy atom. The average molecular weight is 677 g/mol. The average Bonchev–Trinajstić information content (AvgIpc) is 2.96. The van der Waals surface area contributed by atoms with Gasteiger partial charge in [0, 0.05) is 77.6 Å². The Labute approximate surface area is 249 Å². The Hall–Kier alpha value is -2.85. The maximum absolute atomic E-state index is 12.4. The van der Waals surface area contributed by atoms with Gasteiger partial charge in [-0.2, -0.15) is 0 Å². The molecule has 0 spiro atoms. The number of piperazine rings is 1. The third kappa shape index (κ3) is 7.46. The summed E-state index contributed by atoms with van der Waals surface area (Å²) >= 11 is 0.113. The number of amides is 2. The lowest BCUT2D eigenvalue weighted by atomic mass is 10.0. The molecule has 2 fully saturated rings. The van der Waals surface area contributed by atoms with Crippen LogP contribution in [0.1, 0.15) is 18.4 Å². The fourth-order valence-corrected chi connectivity index (χ4v) is 5.90. The summed E-state index contributed by atoms with van der Waals surface area (Å²) in [6.07, 6.45) is 3.49. The molecule has 13 heteroatoms. The number of aryl methyl sites for hydroxylation is 1. The van der Waals surface area contributed by atoms with Gasteiger partial charge in [-0.1, -0.05) is 6.07 Å². The predicted octanol–water partition coefficient (Wildman–Crippen LogP) is 4.21. The molecule has 0 radical (unpaired) electrons. The zero-order valence-corrected chi connectivity index (χ0v) is 25.1. The number of aromatic nitrogens is 2. The number of carbonyl (C=O) groups is 1. The summed E-state index contributed by atoms with van der Waals surface area (Å²) in [5.74, 6) is 1.86. The number of carbonyl (C=O) groups excluding carboxylic acids is 1. The van der Waals surface area contributed by atoms with Crippen LogP contribution in [0, 0.1) is 10.5 Å². The molecule has 2 aromatic carbocycles. The van der Waals surface area contributed by atoms with Gasteiger partial charge in [0.1, 0.15) is 17.9 Å². The van der Waals surface area contributed by atoms with Crippen molar-refractivity contribution in [3.63, 3.8) is 0 Å². The van der Waals surface area contributed by atoms with E-state index in [2.05, 4.69) is 53.0 Å². The van der Waals surface area contributed by atoms with Crippen LogP contribution in [0.4, 0.5) is 22.0 Å². The lowest BCUT2D eigenvalue weighted by Crippen LogP contribution is -2.53. The number of ether oxygens (including phenoxy) is 1. The number of nitrogens with one attached hydrogen (secondary N) is 2. The molecule has 3 aromatic rings. The van der Waals surface area contributed by atoms with E-state index in [1.807, 2.05) is 31.2 Å². The molecule has 5 rings (SSSR count). The molecule has 40 heavy (non-hydrogen) atoms. The van der Waals surface area contributed by atoms with Crippen molar-refractivity contribution in [1.29, 1.82) is 0 Å². The van der Waals surface area contributed by atoms with Crippen LogP contribution in [0.2, 0.25) is 0 Å². The second-order valence-electron chi connectivity index (χ2n) is 9.78. The molecule has 212 valence electrons. The van der Waals surface area contributed by atoms with Gasteiger partial charge in [-0.3, -0.25) is 9.11 Å². The highest BCUT2D eigenvalue weighted by Crippen LogP contribution is 2.27. The Bertz CT molecular complexity index is 1350. The molecule has 2 N–H and O–H groups in total. The molecule has 1 aromatic heterocycles. The summed E-state index contributed by atoms with van der Waals surface area (Å²) in [6, 6.07) is 14.8. The normalized spacial score (nSPS) is 17.8. The summed E-state index contributed by atoms with van der Waals surface area (Å²) in [4.78, 5) is 25.7. The Balaban J connectivity index is 1.11. The fourth-order valence-electron chi connectivity index (χ4n) is 4.93. The highest BCUT2D eigenvalue weighted by molar-refractivity contribution is 14.1. The van der Waals surface area contributed by atoms with Crippen molar-refractivity contribution in [2.24, 2.45) is 0 Å². The number of rotatable bonds is 7. The molecular formula is C27H31IN7O4S-. The van der Waals surface area contributed by atoms with Gasteiger partial charge in [-0.25, -0.2) is 19.1 Å². The van der Waals surface area contributed by atoms with E-state index < -0.39 is 11.3 Å². The van der Waals surface area contributed by atoms with Crippen molar-refractivity contribution in [3.8, 4) is 11.6 Å². The summed E-state index contributed by atoms with van der Waals surface area (Å²) < 4.78 is 30.9. The van der Waals surface area contributed by atoms with E-state index in [9.17, 15) is 13.6 Å². The number of halogens is 1. The minimum atomic E-state index is -2.13. The standard InChI is InChI=1S/C27H32IN7O4S/c1-19-2-3-21(16-24(19)28)32-27(36)31-20-4-6-23(7-5-20)39-26-17-25(29-18-30-26)34-10-8-22(9-11-34)33-12-14-35(15-13-33)40(37)38/h2-7,16-18,22H,8-15H2,1H3,(H,37,38)(H2,31,32,36)/p-1. The highest BCUT2D eigenvalue weighted by atomic mass is 127. The fraction of sp³-hybridized carbons (Fsp3) is 0.370. The van der Waals surface area contributed by atoms with Crippen molar-refractivity contribution >= 4 is 57.1 Å². The summed E-state index contributed by atoms with van der Waals surface area (Å²) in [6.45, 7) is 6.40. The van der Waals surface area contributed by atoms with Crippen LogP contribution in [0.5, 0.6) is 11.6 Å². The van der Waals surface area contributed by atoms with Crippen LogP contribution in [0.15, 0.2) is 54.9 Å². The third-order valence-corrected chi connectivity index (χ3v) is 9.13. The first-order valence-electron chi connectivity index (χ1n) is 13.1. The van der Waals surface area contributed by atoms with E-state index in [0.29, 0.717) is 36.4 Å². The monoisotopic (exact) mass is 676 g/mol. The molecule has 0 bridgehead atoms. The van der Waals surface area contributed by atoms with Gasteiger partial charge in [0.2, 0.25) is 5.88 Å². The molecule has 1 unspecified atom stereocenters. The van der Waals surface area contributed by atoms with Gasteiger partial charge in [-0.15, -0.1) is 0 Å². The van der Waals surface area contributed by atoms with Gasteiger partial charge in [0.25, 0.3) is 0 Å². The second-order valence-corrected chi connectivity index (χ2v) is 11.9. The molecule has 2 saturated heterocycles. The maximum Gasteiger partial charge on any atom is 0.323 e. The number of benzene rings is 2. The van der Waals surface area contributed by atoms with E-state index in [1.54, 1.807) is 24.3 Å². The van der Waals surface area contributed by atoms with Crippen molar-refractivity contribution < 1.29 is 18.3 Å². The van der Waals surface area contributed by atoms with E-state index in [4.69, 9.17) is 4.74 Å². The third-order valence-electron chi connectivity index (χ3n) is 7.18. The molecule has 2 amide bonds. The minimum Gasteiger partial charge on any atom is -0.760 e. The lowest BCUT2D eigenvalue weighted by molar-refractivity contribution is 0.118. The highest BCUT2D eigenvalue weighted by Gasteiger charge is 2.28. The van der Waals surface area contributed by atoms with Crippen LogP contribution in [0.25, 0.3) is 0 Å². The minimum absolute atomic E-state index is 0.321. The van der Waals surface area contributed by atoms with Crippen LogP contribution in [-0.4, -0.2) is 79.3 Å². The number of anilines is 3. The van der Waals surface area contributed by atoms with Crippen LogP contribution >= 0.6 is 22.6 Å². The predicted molar refractivity (Wildman–Crippen MR) is 162 cm³/mol. The Morgan fingerprint density at radius 3 is 2.33 bits per heavy atom. The largest absolute Gasteiger partial charge is 0.760 e. The van der Waals surface area contributed by atoms with Crippen LogP contribution in [-0.2, 0) is 11.3 Å². The van der Waals surface area contributed by atoms with Crippen molar-refractivity contribution in [2.75, 3.05) is 54.8 Å². The molecule has 1 atom stereocenters. The lowest BCUT2D eigenvalue weighted by Gasteiger charge is -2.43. The number of piperidine rings is 1. The maximum atomic E-state index is 12.4. The molecule has 0 aliphatic carbocycles. The van der Waals surface area contributed by atoms with E-state index in [-0.39, 0.29) is 6.03 Å². The molecule has 11 nitrogen and oxygen atoms in total. The number of hydrogen-bond acceptors (Lipinski definition) is 8. The van der Waals surface area contributed by atoms with E-state index >= 15 is 0 Å². The molecule has 3 heterocycles.